The van der Waals surface area contributed by atoms with Crippen molar-refractivity contribution < 1.29 is 28.8 Å². The highest BCUT2D eigenvalue weighted by Crippen LogP contribution is 2.43. The highest BCUT2D eigenvalue weighted by molar-refractivity contribution is 6.07. The Balaban J connectivity index is 1.68. The highest BCUT2D eigenvalue weighted by Gasteiger charge is 2.48. The van der Waals surface area contributed by atoms with Crippen LogP contribution in [-0.4, -0.2) is 88.0 Å². The Morgan fingerprint density at radius 3 is 2.37 bits per heavy atom. The minimum atomic E-state index is -1.06. The van der Waals surface area contributed by atoms with Crippen LogP contribution >= 0.6 is 0 Å². The molecule has 1 N–H and O–H groups in total. The summed E-state index contributed by atoms with van der Waals surface area (Å²) in [5.41, 5.74) is -0.929. The first kappa shape index (κ1) is 29.8. The number of nitrogens with zero attached hydrogens (tertiary/aromatic N) is 6. The summed E-state index contributed by atoms with van der Waals surface area (Å²) in [5, 5.41) is 18.9. The number of anilines is 2. The van der Waals surface area contributed by atoms with Gasteiger partial charge in [0.05, 0.1) is 29.3 Å². The van der Waals surface area contributed by atoms with Crippen molar-refractivity contribution in [3.05, 3.63) is 45.1 Å². The number of hydrogen-bond acceptors (Lipinski definition) is 10. The Labute approximate surface area is 238 Å². The maximum atomic E-state index is 13.4. The van der Waals surface area contributed by atoms with Crippen LogP contribution in [0.3, 0.4) is 0 Å². The lowest BCUT2D eigenvalue weighted by atomic mass is 10.0. The highest BCUT2D eigenvalue weighted by atomic mass is 16.6. The molecule has 0 spiro atoms. The van der Waals surface area contributed by atoms with Crippen LogP contribution in [0.5, 0.6) is 0 Å². The molecule has 3 heterocycles. The van der Waals surface area contributed by atoms with Gasteiger partial charge >= 0.3 is 12.2 Å². The van der Waals surface area contributed by atoms with Gasteiger partial charge in [-0.2, -0.15) is 4.68 Å². The molecule has 0 unspecified atom stereocenters. The normalized spacial score (nSPS) is 16.8. The third-order valence-corrected chi connectivity index (χ3v) is 7.13. The van der Waals surface area contributed by atoms with Crippen LogP contribution in [0.2, 0.25) is 0 Å². The molecule has 0 atom stereocenters. The Bertz CT molecular complexity index is 1370. The summed E-state index contributed by atoms with van der Waals surface area (Å²) in [4.78, 5) is 56.4. The topological polar surface area (TPSA) is 152 Å². The van der Waals surface area contributed by atoms with E-state index in [1.807, 2.05) is 11.9 Å². The van der Waals surface area contributed by atoms with E-state index in [4.69, 9.17) is 9.47 Å². The van der Waals surface area contributed by atoms with Crippen molar-refractivity contribution in [1.82, 2.24) is 19.6 Å². The molecule has 1 fully saturated rings. The van der Waals surface area contributed by atoms with Crippen LogP contribution in [0.25, 0.3) is 0 Å². The average Bonchev–Trinajstić information content (AvgIpc) is 3.38. The van der Waals surface area contributed by atoms with E-state index in [0.29, 0.717) is 30.0 Å². The quantitative estimate of drug-likeness (QED) is 0.414. The van der Waals surface area contributed by atoms with E-state index >= 15 is 0 Å². The lowest BCUT2D eigenvalue weighted by Crippen LogP contribution is -2.44. The van der Waals surface area contributed by atoms with Crippen molar-refractivity contribution >= 4 is 35.3 Å². The number of rotatable bonds is 5. The number of carbonyl (C=O) groups is 3. The number of carbonyl (C=O) groups excluding carboxylic acids is 3. The van der Waals surface area contributed by atoms with Crippen LogP contribution in [0.15, 0.2) is 18.2 Å². The molecule has 1 aromatic carbocycles. The molecule has 0 aliphatic carbocycles. The molecular formula is C27H37N7O7. The van der Waals surface area contributed by atoms with Gasteiger partial charge in [-0.3, -0.25) is 19.8 Å². The van der Waals surface area contributed by atoms with Crippen LogP contribution < -0.4 is 10.2 Å². The number of benzene rings is 1. The summed E-state index contributed by atoms with van der Waals surface area (Å²) in [5.74, 6) is -0.777. The molecule has 14 nitrogen and oxygen atoms in total. The van der Waals surface area contributed by atoms with E-state index in [-0.39, 0.29) is 30.2 Å². The third-order valence-electron chi connectivity index (χ3n) is 7.13. The molecule has 2 amide bonds. The molecule has 4 rings (SSSR count). The molecule has 41 heavy (non-hydrogen) atoms. The number of aromatic nitrogens is 2. The summed E-state index contributed by atoms with van der Waals surface area (Å²) in [6, 6.07) is 4.50. The summed E-state index contributed by atoms with van der Waals surface area (Å²) >= 11 is 0. The number of fused-ring (bicyclic) bond motifs is 1. The Kier molecular flexibility index (Phi) is 7.98. The van der Waals surface area contributed by atoms with Gasteiger partial charge in [-0.15, -0.1) is 5.10 Å². The molecule has 0 radical (unpaired) electrons. The number of nitro groups is 1. The fourth-order valence-corrected chi connectivity index (χ4v) is 5.04. The summed E-state index contributed by atoms with van der Waals surface area (Å²) in [7, 11) is 2.01. The van der Waals surface area contributed by atoms with Crippen LogP contribution in [0.4, 0.5) is 26.8 Å². The second-order valence-corrected chi connectivity index (χ2v) is 11.6. The third kappa shape index (κ3) is 5.97. The number of likely N-dealkylation sites (N-methyl/N-ethyl adjacent to an activating group) is 1. The zero-order valence-electron chi connectivity index (χ0n) is 24.5. The van der Waals surface area contributed by atoms with Crippen LogP contribution in [0, 0.1) is 10.1 Å². The molecule has 1 saturated heterocycles. The summed E-state index contributed by atoms with van der Waals surface area (Å²) in [6.07, 6.45) is -1.40. The van der Waals surface area contributed by atoms with E-state index in [1.165, 1.54) is 17.0 Å². The van der Waals surface area contributed by atoms with Gasteiger partial charge in [-0.05, 0) is 60.7 Å². The number of nitrogens with one attached hydrogen (secondary N) is 1. The standard InChI is InChI=1S/C27H37N7O7/c1-8-40-25(37)33-21-19(16-32(27(21,5)6)24(36)41-26(2,3)4)22(29-33)28-23(35)18-10-9-17(15-20(18)34(38)39)31-13-11-30(7)12-14-31/h9-10,15H,8,11-14,16H2,1-7H3,(H,28,29,35). The van der Waals surface area contributed by atoms with E-state index in [9.17, 15) is 24.5 Å². The number of nitro benzene ring substituents is 1. The van der Waals surface area contributed by atoms with Crippen LogP contribution in [0.1, 0.15) is 63.2 Å². The number of amides is 2. The fourth-order valence-electron chi connectivity index (χ4n) is 5.04. The molecule has 2 aromatic rings. The molecule has 2 aliphatic heterocycles. The van der Waals surface area contributed by atoms with Crippen molar-refractivity contribution in [3.8, 4) is 0 Å². The molecule has 1 aromatic heterocycles. The zero-order chi connectivity index (χ0) is 30.3. The molecule has 222 valence electrons. The first-order chi connectivity index (χ1) is 19.1. The number of ether oxygens (including phenoxy) is 2. The Morgan fingerprint density at radius 2 is 1.78 bits per heavy atom. The van der Waals surface area contributed by atoms with Gasteiger partial charge in [0.15, 0.2) is 5.82 Å². The van der Waals surface area contributed by atoms with Crippen molar-refractivity contribution in [2.45, 2.75) is 59.2 Å². The SMILES string of the molecule is CCOC(=O)n1nc(NC(=O)c2ccc(N3CCN(C)CC3)cc2[N+](=O)[O-])c2c1C(C)(C)N(C(=O)OC(C)(C)C)C2. The van der Waals surface area contributed by atoms with Crippen molar-refractivity contribution in [1.29, 1.82) is 0 Å². The monoisotopic (exact) mass is 571 g/mol. The smallest absolute Gasteiger partial charge is 0.435 e. The van der Waals surface area contributed by atoms with Crippen molar-refractivity contribution in [3.63, 3.8) is 0 Å². The predicted molar refractivity (Wildman–Crippen MR) is 150 cm³/mol. The second kappa shape index (κ2) is 11.0. The van der Waals surface area contributed by atoms with Crippen LogP contribution in [-0.2, 0) is 21.6 Å². The van der Waals surface area contributed by atoms with E-state index in [0.717, 1.165) is 17.8 Å². The van der Waals surface area contributed by atoms with Gasteiger partial charge in [0.25, 0.3) is 11.6 Å². The molecule has 0 bridgehead atoms. The van der Waals surface area contributed by atoms with Crippen molar-refractivity contribution in [2.75, 3.05) is 50.1 Å². The van der Waals surface area contributed by atoms with E-state index in [2.05, 4.69) is 15.3 Å². The first-order valence-corrected chi connectivity index (χ1v) is 13.5. The van der Waals surface area contributed by atoms with Gasteiger partial charge in [-0.1, -0.05) is 0 Å². The Hall–Kier alpha value is -4.20. The predicted octanol–water partition coefficient (Wildman–Crippen LogP) is 3.79. The second-order valence-electron chi connectivity index (χ2n) is 11.6. The summed E-state index contributed by atoms with van der Waals surface area (Å²) in [6.45, 7) is 13.5. The van der Waals surface area contributed by atoms with Gasteiger partial charge in [0.1, 0.15) is 11.2 Å². The largest absolute Gasteiger partial charge is 0.448 e. The van der Waals surface area contributed by atoms with E-state index in [1.54, 1.807) is 47.6 Å². The lowest BCUT2D eigenvalue weighted by Gasteiger charge is -2.34. The summed E-state index contributed by atoms with van der Waals surface area (Å²) < 4.78 is 11.8. The fraction of sp³-hybridized carbons (Fsp3) is 0.556. The molecule has 14 heteroatoms. The number of piperazine rings is 1. The van der Waals surface area contributed by atoms with Gasteiger partial charge in [-0.25, -0.2) is 9.59 Å². The lowest BCUT2D eigenvalue weighted by molar-refractivity contribution is -0.385. The first-order valence-electron chi connectivity index (χ1n) is 13.5. The minimum absolute atomic E-state index is 0.00497. The number of hydrogen-bond donors (Lipinski definition) is 1. The molecule has 0 saturated carbocycles. The molecular weight excluding hydrogens is 534 g/mol. The minimum Gasteiger partial charge on any atom is -0.448 e. The van der Waals surface area contributed by atoms with Gasteiger partial charge < -0.3 is 24.6 Å². The van der Waals surface area contributed by atoms with Gasteiger partial charge in [0.2, 0.25) is 0 Å². The van der Waals surface area contributed by atoms with Crippen molar-refractivity contribution in [2.24, 2.45) is 0 Å². The maximum Gasteiger partial charge on any atom is 0.435 e. The Morgan fingerprint density at radius 1 is 1.12 bits per heavy atom. The van der Waals surface area contributed by atoms with Gasteiger partial charge in [0, 0.05) is 43.5 Å². The molecule has 2 aliphatic rings. The average molecular weight is 572 g/mol. The zero-order valence-corrected chi connectivity index (χ0v) is 24.5. The maximum absolute atomic E-state index is 13.4. The van der Waals surface area contributed by atoms with E-state index < -0.39 is 34.2 Å².